The van der Waals surface area contributed by atoms with E-state index >= 15 is 0 Å². The largest absolute Gasteiger partial charge is 0.469 e. The van der Waals surface area contributed by atoms with Crippen molar-refractivity contribution in [2.24, 2.45) is 0 Å². The number of ether oxygens (including phenoxy) is 1. The summed E-state index contributed by atoms with van der Waals surface area (Å²) in [5.41, 5.74) is -0.336. The Balaban J connectivity index is 1.87. The molecule has 1 aliphatic heterocycles. The van der Waals surface area contributed by atoms with Gasteiger partial charge in [-0.1, -0.05) is 0 Å². The number of aromatic nitrogens is 4. The molecule has 4 atom stereocenters. The number of aromatic amines is 1. The zero-order valence-corrected chi connectivity index (χ0v) is 12.3. The predicted octanol–water partition coefficient (Wildman–Crippen LogP) is -2.15. The summed E-state index contributed by atoms with van der Waals surface area (Å²) in [4.78, 5) is 39.1. The predicted molar refractivity (Wildman–Crippen MR) is 72.1 cm³/mol. The van der Waals surface area contributed by atoms with Crippen molar-refractivity contribution >= 4 is 19.0 Å². The third-order valence-corrected chi connectivity index (χ3v) is 3.87. The van der Waals surface area contributed by atoms with Gasteiger partial charge < -0.3 is 29.7 Å². The summed E-state index contributed by atoms with van der Waals surface area (Å²) in [5, 5.41) is 20.0. The van der Waals surface area contributed by atoms with Crippen molar-refractivity contribution < 1.29 is 33.8 Å². The van der Waals surface area contributed by atoms with Crippen LogP contribution in [0, 0.1) is 0 Å². The van der Waals surface area contributed by atoms with E-state index in [-0.39, 0.29) is 11.2 Å². The second kappa shape index (κ2) is 5.76. The van der Waals surface area contributed by atoms with Gasteiger partial charge in [-0.3, -0.25) is 13.9 Å². The van der Waals surface area contributed by atoms with Crippen molar-refractivity contribution in [1.29, 1.82) is 0 Å². The molecule has 2 aromatic heterocycles. The Morgan fingerprint density at radius 2 is 2.09 bits per heavy atom. The first-order valence-electron chi connectivity index (χ1n) is 6.40. The number of imidazole rings is 1. The van der Waals surface area contributed by atoms with Gasteiger partial charge in [-0.2, -0.15) is 0 Å². The summed E-state index contributed by atoms with van der Waals surface area (Å²) in [5.74, 6) is 0. The fourth-order valence-corrected chi connectivity index (χ4v) is 2.66. The van der Waals surface area contributed by atoms with Crippen molar-refractivity contribution in [3.8, 4) is 0 Å². The van der Waals surface area contributed by atoms with E-state index in [9.17, 15) is 19.6 Å². The number of aliphatic hydroxyl groups excluding tert-OH is 2. The van der Waals surface area contributed by atoms with Gasteiger partial charge in [-0.05, 0) is 0 Å². The molecule has 1 fully saturated rings. The van der Waals surface area contributed by atoms with Crippen LogP contribution in [0.4, 0.5) is 0 Å². The normalized spacial score (nSPS) is 28.5. The third-order valence-electron chi connectivity index (χ3n) is 3.38. The molecule has 126 valence electrons. The van der Waals surface area contributed by atoms with E-state index in [0.717, 1.165) is 6.33 Å². The van der Waals surface area contributed by atoms with Crippen LogP contribution in [0.3, 0.4) is 0 Å². The lowest BCUT2D eigenvalue weighted by Crippen LogP contribution is -2.33. The Morgan fingerprint density at radius 3 is 2.78 bits per heavy atom. The molecule has 0 bridgehead atoms. The Hall–Kier alpha value is -1.66. The van der Waals surface area contributed by atoms with Crippen LogP contribution >= 0.6 is 7.82 Å². The maximum Gasteiger partial charge on any atom is 0.469 e. The molecule has 5 N–H and O–H groups in total. The maximum atomic E-state index is 11.6. The quantitative estimate of drug-likeness (QED) is 0.381. The molecule has 0 amide bonds. The smallest absolute Gasteiger partial charge is 0.387 e. The molecule has 0 radical (unpaired) electrons. The van der Waals surface area contributed by atoms with Crippen LogP contribution in [-0.2, 0) is 13.8 Å². The van der Waals surface area contributed by atoms with Gasteiger partial charge in [-0.15, -0.1) is 0 Å². The standard InChI is InChI=1S/C10H13N4O8P/c15-6-4(1-21-23(18,19)20)22-10(7(6)16)14-3-13-5-8(14)11-2-12-9(5)17/h2-4,6-7,10,15-16H,1H2,(H,11,12,17)(H2,18,19,20)/t4-,6-,7-,10-/m1/s1/i11+1,12+1,13+1,14+1. The number of aliphatic hydroxyl groups is 2. The van der Waals surface area contributed by atoms with Crippen LogP contribution in [-0.4, -0.2) is 64.4 Å². The van der Waals surface area contributed by atoms with Crippen molar-refractivity contribution in [3.05, 3.63) is 23.0 Å². The molecule has 0 saturated carbocycles. The number of hydrogen-bond acceptors (Lipinski definition) is 8. The highest BCUT2D eigenvalue weighted by Gasteiger charge is 2.45. The molecule has 13 heteroatoms. The van der Waals surface area contributed by atoms with E-state index < -0.39 is 44.5 Å². The van der Waals surface area contributed by atoms with Crippen LogP contribution in [0.2, 0.25) is 0 Å². The topological polar surface area (TPSA) is 180 Å². The molecule has 12 nitrogen and oxygen atoms in total. The Bertz CT molecular complexity index is 815. The monoisotopic (exact) mass is 352 g/mol. The van der Waals surface area contributed by atoms with Crippen molar-refractivity contribution in [1.82, 2.24) is 19.5 Å². The number of phosphoric acid groups is 1. The SMILES string of the molecule is O=c1[15nH]c[15n]c2c1[15n]c[15n]2[C@@H]1O[C@H](COP(=O)(O)O)[C@@H](O)[C@H]1O. The first kappa shape index (κ1) is 16.2. The Kier molecular flexibility index (Phi) is 4.06. The summed E-state index contributed by atoms with van der Waals surface area (Å²) in [6.45, 7) is -0.625. The Morgan fingerprint density at radius 1 is 1.35 bits per heavy atom. The van der Waals surface area contributed by atoms with Gasteiger partial charge in [0.2, 0.25) is 0 Å². The second-order valence-corrected chi connectivity index (χ2v) is 6.13. The number of fused-ring (bicyclic) bond motifs is 1. The van der Waals surface area contributed by atoms with Gasteiger partial charge in [0.25, 0.3) is 5.56 Å². The summed E-state index contributed by atoms with van der Waals surface area (Å²) in [6, 6.07) is 0. The first-order chi connectivity index (χ1) is 10.8. The van der Waals surface area contributed by atoms with Crippen LogP contribution in [0.15, 0.2) is 17.4 Å². The highest BCUT2D eigenvalue weighted by atomic mass is 31.2. The molecule has 0 aromatic carbocycles. The van der Waals surface area contributed by atoms with Gasteiger partial charge in [-0.25, -0.2) is 14.5 Å². The molecular weight excluding hydrogens is 339 g/mol. The maximum absolute atomic E-state index is 11.6. The molecule has 3 rings (SSSR count). The van der Waals surface area contributed by atoms with E-state index in [1.54, 1.807) is 0 Å². The van der Waals surface area contributed by atoms with Crippen molar-refractivity contribution in [3.63, 3.8) is 0 Å². The highest BCUT2D eigenvalue weighted by Crippen LogP contribution is 2.38. The van der Waals surface area contributed by atoms with Gasteiger partial charge in [0.05, 0.1) is 19.3 Å². The minimum absolute atomic E-state index is 0.0210. The lowest BCUT2D eigenvalue weighted by Gasteiger charge is -2.16. The Labute approximate surface area is 127 Å². The average Bonchev–Trinajstić information content (AvgIpc) is 3.01. The van der Waals surface area contributed by atoms with Gasteiger partial charge in [0.15, 0.2) is 17.4 Å². The summed E-state index contributed by atoms with van der Waals surface area (Å²) < 4.78 is 21.6. The number of rotatable bonds is 4. The second-order valence-electron chi connectivity index (χ2n) is 4.89. The van der Waals surface area contributed by atoms with Crippen LogP contribution in [0.25, 0.3) is 11.2 Å². The van der Waals surface area contributed by atoms with Crippen molar-refractivity contribution in [2.45, 2.75) is 24.5 Å². The van der Waals surface area contributed by atoms with E-state index in [0.29, 0.717) is 0 Å². The van der Waals surface area contributed by atoms with Gasteiger partial charge >= 0.3 is 7.82 Å². The summed E-state index contributed by atoms with van der Waals surface area (Å²) >= 11 is 0. The molecule has 0 unspecified atom stereocenters. The minimum atomic E-state index is -4.74. The summed E-state index contributed by atoms with van der Waals surface area (Å²) in [6.07, 6.45) is -2.85. The lowest BCUT2D eigenvalue weighted by atomic mass is 10.1. The van der Waals surface area contributed by atoms with Gasteiger partial charge in [0, 0.05) is 0 Å². The summed E-state index contributed by atoms with van der Waals surface area (Å²) in [7, 11) is -4.74. The fraction of sp³-hybridized carbons (Fsp3) is 0.500. The molecule has 0 spiro atoms. The minimum Gasteiger partial charge on any atom is -0.387 e. The number of hydrogen-bond donors (Lipinski definition) is 5. The lowest BCUT2D eigenvalue weighted by molar-refractivity contribution is -0.0504. The zero-order chi connectivity index (χ0) is 16.8. The molecule has 1 saturated heterocycles. The molecule has 3 heterocycles. The van der Waals surface area contributed by atoms with Crippen LogP contribution in [0.1, 0.15) is 6.23 Å². The number of H-pyrrole nitrogens is 1. The fourth-order valence-electron chi connectivity index (χ4n) is 2.32. The molecule has 1 aliphatic rings. The van der Waals surface area contributed by atoms with Crippen LogP contribution in [0.5, 0.6) is 0 Å². The molecule has 2 aromatic rings. The van der Waals surface area contributed by atoms with Gasteiger partial charge in [0.1, 0.15) is 18.3 Å². The highest BCUT2D eigenvalue weighted by molar-refractivity contribution is 7.46. The number of nitrogens with one attached hydrogen (secondary N) is 1. The number of nitrogens with zero attached hydrogens (tertiary/aromatic N) is 3. The average molecular weight is 352 g/mol. The molecule has 0 aliphatic carbocycles. The number of phosphoric ester groups is 1. The van der Waals surface area contributed by atoms with E-state index in [1.165, 1.54) is 10.9 Å². The van der Waals surface area contributed by atoms with E-state index in [1.807, 2.05) is 0 Å². The van der Waals surface area contributed by atoms with Crippen molar-refractivity contribution in [2.75, 3.05) is 6.61 Å². The van der Waals surface area contributed by atoms with Crippen LogP contribution < -0.4 is 5.56 Å². The zero-order valence-electron chi connectivity index (χ0n) is 11.4. The third kappa shape index (κ3) is 3.05. The van der Waals surface area contributed by atoms with E-state index in [2.05, 4.69) is 19.5 Å². The molecular formula is C10H13N4O8P. The van der Waals surface area contributed by atoms with E-state index in [4.69, 9.17) is 14.5 Å². The first-order valence-corrected chi connectivity index (χ1v) is 7.93. The molecule has 23 heavy (non-hydrogen) atoms.